The molecule has 128 valence electrons. The van der Waals surface area contributed by atoms with Crippen molar-refractivity contribution >= 4 is 46.1 Å². The molecule has 1 aromatic carbocycles. The third-order valence-corrected chi connectivity index (χ3v) is 4.45. The number of benzene rings is 1. The number of amides is 2. The first-order valence-electron chi connectivity index (χ1n) is 8.03. The molecule has 0 radical (unpaired) electrons. The van der Waals surface area contributed by atoms with Crippen molar-refractivity contribution in [3.63, 3.8) is 0 Å². The van der Waals surface area contributed by atoms with Crippen LogP contribution in [-0.2, 0) is 9.59 Å². The van der Waals surface area contributed by atoms with Gasteiger partial charge in [0.05, 0.1) is 0 Å². The fourth-order valence-corrected chi connectivity index (χ4v) is 3.17. The number of hydrogen-bond acceptors (Lipinski definition) is 3. The van der Waals surface area contributed by atoms with Crippen LogP contribution in [0.5, 0.6) is 0 Å². The minimum atomic E-state index is -0.475. The molecule has 1 N–H and O–H groups in total. The van der Waals surface area contributed by atoms with Crippen molar-refractivity contribution < 1.29 is 9.59 Å². The van der Waals surface area contributed by atoms with Crippen LogP contribution in [0.2, 0.25) is 0 Å². The van der Waals surface area contributed by atoms with E-state index >= 15 is 0 Å². The summed E-state index contributed by atoms with van der Waals surface area (Å²) in [5.74, 6) is -0.883. The monoisotopic (exact) mass is 353 g/mol. The molecule has 0 spiro atoms. The SMILES string of the molecule is C=CCN1C(=O)/C(=C/c2cn(C(C)C)c3ccccc23)C(=O)NC1=S. The molecule has 25 heavy (non-hydrogen) atoms. The van der Waals surface area contributed by atoms with Crippen molar-refractivity contribution in [2.24, 2.45) is 0 Å². The second-order valence-corrected chi connectivity index (χ2v) is 6.51. The summed E-state index contributed by atoms with van der Waals surface area (Å²) < 4.78 is 2.12. The van der Waals surface area contributed by atoms with Crippen molar-refractivity contribution in [3.8, 4) is 0 Å². The molecular formula is C19H19N3O2S. The molecule has 0 saturated carbocycles. The molecule has 1 fully saturated rings. The van der Waals surface area contributed by atoms with E-state index in [9.17, 15) is 9.59 Å². The van der Waals surface area contributed by atoms with Gasteiger partial charge in [0.25, 0.3) is 11.8 Å². The Morgan fingerprint density at radius 3 is 2.68 bits per heavy atom. The molecule has 0 atom stereocenters. The normalized spacial score (nSPS) is 16.8. The lowest BCUT2D eigenvalue weighted by Crippen LogP contribution is -2.53. The van der Waals surface area contributed by atoms with Crippen LogP contribution in [0.4, 0.5) is 0 Å². The molecule has 2 aromatic rings. The predicted molar refractivity (Wildman–Crippen MR) is 103 cm³/mol. The molecule has 2 amide bonds. The zero-order valence-electron chi connectivity index (χ0n) is 14.2. The van der Waals surface area contributed by atoms with Crippen LogP contribution in [-0.4, -0.2) is 32.9 Å². The van der Waals surface area contributed by atoms with Gasteiger partial charge in [-0.25, -0.2) is 0 Å². The van der Waals surface area contributed by atoms with Gasteiger partial charge >= 0.3 is 0 Å². The van der Waals surface area contributed by atoms with Crippen LogP contribution in [0.1, 0.15) is 25.5 Å². The number of fused-ring (bicyclic) bond motifs is 1. The fraction of sp³-hybridized carbons (Fsp3) is 0.211. The number of hydrogen-bond donors (Lipinski definition) is 1. The average molecular weight is 353 g/mol. The summed E-state index contributed by atoms with van der Waals surface area (Å²) in [5.41, 5.74) is 1.96. The van der Waals surface area contributed by atoms with Gasteiger partial charge in [0.1, 0.15) is 5.57 Å². The van der Waals surface area contributed by atoms with Crippen molar-refractivity contribution in [3.05, 3.63) is 54.3 Å². The lowest BCUT2D eigenvalue weighted by Gasteiger charge is -2.27. The Hall–Kier alpha value is -2.73. The molecule has 1 saturated heterocycles. The maximum absolute atomic E-state index is 12.7. The van der Waals surface area contributed by atoms with Gasteiger partial charge in [-0.05, 0) is 38.2 Å². The van der Waals surface area contributed by atoms with E-state index in [0.29, 0.717) is 0 Å². The molecule has 0 bridgehead atoms. The summed E-state index contributed by atoms with van der Waals surface area (Å²) in [4.78, 5) is 26.3. The smallest absolute Gasteiger partial charge is 0.265 e. The lowest BCUT2D eigenvalue weighted by molar-refractivity contribution is -0.128. The van der Waals surface area contributed by atoms with Gasteiger partial charge in [0.15, 0.2) is 5.11 Å². The molecule has 3 rings (SSSR count). The Bertz CT molecular complexity index is 924. The van der Waals surface area contributed by atoms with Gasteiger partial charge in [0.2, 0.25) is 0 Å². The summed E-state index contributed by atoms with van der Waals surface area (Å²) in [6, 6.07) is 8.19. The number of nitrogens with zero attached hydrogens (tertiary/aromatic N) is 2. The molecule has 0 aliphatic carbocycles. The number of thiocarbonyl (C=S) groups is 1. The van der Waals surface area contributed by atoms with Gasteiger partial charge in [0, 0.05) is 35.2 Å². The summed E-state index contributed by atoms with van der Waals surface area (Å²) >= 11 is 5.07. The number of rotatable bonds is 4. The highest BCUT2D eigenvalue weighted by atomic mass is 32.1. The van der Waals surface area contributed by atoms with Crippen LogP contribution < -0.4 is 5.32 Å². The maximum atomic E-state index is 12.7. The van der Waals surface area contributed by atoms with E-state index in [1.54, 1.807) is 12.2 Å². The lowest BCUT2D eigenvalue weighted by atomic mass is 10.1. The number of carbonyl (C=O) groups is 2. The first-order valence-corrected chi connectivity index (χ1v) is 8.44. The van der Waals surface area contributed by atoms with E-state index in [1.807, 2.05) is 30.5 Å². The van der Waals surface area contributed by atoms with Crippen LogP contribution in [0.25, 0.3) is 17.0 Å². The fourth-order valence-electron chi connectivity index (χ4n) is 2.92. The van der Waals surface area contributed by atoms with Crippen LogP contribution in [0.3, 0.4) is 0 Å². The molecule has 1 aromatic heterocycles. The molecule has 0 unspecified atom stereocenters. The Kier molecular flexibility index (Phi) is 4.55. The Balaban J connectivity index is 2.12. The molecule has 1 aliphatic rings. The average Bonchev–Trinajstić information content (AvgIpc) is 2.94. The Labute approximate surface area is 151 Å². The van der Waals surface area contributed by atoms with Crippen molar-refractivity contribution in [2.75, 3.05) is 6.54 Å². The summed E-state index contributed by atoms with van der Waals surface area (Å²) in [5, 5.41) is 3.67. The van der Waals surface area contributed by atoms with E-state index in [1.165, 1.54) is 4.90 Å². The van der Waals surface area contributed by atoms with Gasteiger partial charge in [-0.1, -0.05) is 24.3 Å². The van der Waals surface area contributed by atoms with Gasteiger partial charge in [-0.2, -0.15) is 0 Å². The summed E-state index contributed by atoms with van der Waals surface area (Å²) in [7, 11) is 0. The van der Waals surface area contributed by atoms with Gasteiger partial charge in [-0.15, -0.1) is 6.58 Å². The van der Waals surface area contributed by atoms with Crippen molar-refractivity contribution in [1.29, 1.82) is 0 Å². The minimum Gasteiger partial charge on any atom is -0.344 e. The van der Waals surface area contributed by atoms with Crippen LogP contribution in [0.15, 0.2) is 48.7 Å². The van der Waals surface area contributed by atoms with E-state index in [4.69, 9.17) is 12.2 Å². The zero-order chi connectivity index (χ0) is 18.1. The maximum Gasteiger partial charge on any atom is 0.265 e. The third kappa shape index (κ3) is 3.00. The third-order valence-electron chi connectivity index (χ3n) is 4.13. The van der Waals surface area contributed by atoms with E-state index in [0.717, 1.165) is 16.5 Å². The summed E-state index contributed by atoms with van der Waals surface area (Å²) in [6.45, 7) is 8.06. The number of carbonyl (C=O) groups excluding carboxylic acids is 2. The quantitative estimate of drug-likeness (QED) is 0.398. The highest BCUT2D eigenvalue weighted by molar-refractivity contribution is 7.80. The number of aromatic nitrogens is 1. The highest BCUT2D eigenvalue weighted by Gasteiger charge is 2.32. The highest BCUT2D eigenvalue weighted by Crippen LogP contribution is 2.27. The van der Waals surface area contributed by atoms with Crippen LogP contribution in [0, 0.1) is 0 Å². The first-order chi connectivity index (χ1) is 11.9. The van der Waals surface area contributed by atoms with Gasteiger partial charge < -0.3 is 4.57 Å². The molecule has 2 heterocycles. The van der Waals surface area contributed by atoms with Crippen molar-refractivity contribution in [1.82, 2.24) is 14.8 Å². The van der Waals surface area contributed by atoms with E-state index in [2.05, 4.69) is 30.3 Å². The first kappa shape index (κ1) is 17.1. The second kappa shape index (κ2) is 6.64. The zero-order valence-corrected chi connectivity index (χ0v) is 15.0. The minimum absolute atomic E-state index is 0.0714. The Morgan fingerprint density at radius 1 is 1.28 bits per heavy atom. The number of para-hydroxylation sites is 1. The molecule has 1 aliphatic heterocycles. The van der Waals surface area contributed by atoms with Crippen molar-refractivity contribution in [2.45, 2.75) is 19.9 Å². The standard InChI is InChI=1S/C19H19N3O2S/c1-4-9-21-18(24)15(17(23)20-19(21)25)10-13-11-22(12(2)3)16-8-6-5-7-14(13)16/h4-8,10-12H,1,9H2,2-3H3,(H,20,23,25)/b15-10+. The van der Waals surface area contributed by atoms with Crippen LogP contribution >= 0.6 is 12.2 Å². The largest absolute Gasteiger partial charge is 0.344 e. The Morgan fingerprint density at radius 2 is 2.00 bits per heavy atom. The second-order valence-electron chi connectivity index (χ2n) is 6.12. The summed E-state index contributed by atoms with van der Waals surface area (Å²) in [6.07, 6.45) is 5.17. The van der Waals surface area contributed by atoms with E-state index in [-0.39, 0.29) is 23.3 Å². The molecule has 6 heteroatoms. The molecule has 5 nitrogen and oxygen atoms in total. The number of nitrogens with one attached hydrogen (secondary N) is 1. The topological polar surface area (TPSA) is 54.3 Å². The predicted octanol–water partition coefficient (Wildman–Crippen LogP) is 3.03. The molecular weight excluding hydrogens is 334 g/mol. The van der Waals surface area contributed by atoms with E-state index < -0.39 is 11.8 Å². The van der Waals surface area contributed by atoms with Gasteiger partial charge in [-0.3, -0.25) is 19.8 Å².